The number of benzene rings is 1. The number of ether oxygens (including phenoxy) is 1. The Bertz CT molecular complexity index is 795. The highest BCUT2D eigenvalue weighted by Gasteiger charge is 2.09. The Kier molecular flexibility index (Phi) is 3.63. The average Bonchev–Trinajstić information content (AvgIpc) is 3.02. The van der Waals surface area contributed by atoms with Gasteiger partial charge >= 0.3 is 0 Å². The van der Waals surface area contributed by atoms with Gasteiger partial charge in [-0.05, 0) is 18.6 Å². The molecule has 0 radical (unpaired) electrons. The van der Waals surface area contributed by atoms with Crippen LogP contribution in [0.1, 0.15) is 6.42 Å². The summed E-state index contributed by atoms with van der Waals surface area (Å²) < 4.78 is 8.59. The molecule has 2 aromatic heterocycles. The standard InChI is InChI=1S/C14H15N5O2/c1-21-12-5-2-4-11-13(12)14(20)18(10-15-11)7-3-8-19-9-6-16-17-19/h2,4-6,9-10H,3,7-8H2,1H3. The summed E-state index contributed by atoms with van der Waals surface area (Å²) in [6.45, 7) is 1.27. The first kappa shape index (κ1) is 13.3. The van der Waals surface area contributed by atoms with E-state index in [0.717, 1.165) is 6.42 Å². The second-order valence-electron chi connectivity index (χ2n) is 4.62. The molecule has 3 aromatic rings. The summed E-state index contributed by atoms with van der Waals surface area (Å²) in [7, 11) is 1.55. The van der Waals surface area contributed by atoms with Crippen LogP contribution in [-0.2, 0) is 13.1 Å². The lowest BCUT2D eigenvalue weighted by Crippen LogP contribution is -2.22. The molecule has 7 heteroatoms. The van der Waals surface area contributed by atoms with Crippen LogP contribution in [0.2, 0.25) is 0 Å². The van der Waals surface area contributed by atoms with Crippen molar-refractivity contribution < 1.29 is 4.74 Å². The van der Waals surface area contributed by atoms with E-state index in [1.54, 1.807) is 47.2 Å². The normalized spacial score (nSPS) is 10.9. The lowest BCUT2D eigenvalue weighted by atomic mass is 10.2. The van der Waals surface area contributed by atoms with Crippen LogP contribution in [0.15, 0.2) is 41.7 Å². The monoisotopic (exact) mass is 285 g/mol. The van der Waals surface area contributed by atoms with Gasteiger partial charge in [-0.2, -0.15) is 0 Å². The summed E-state index contributed by atoms with van der Waals surface area (Å²) >= 11 is 0. The molecule has 3 rings (SSSR count). The van der Waals surface area contributed by atoms with Crippen LogP contribution in [0.4, 0.5) is 0 Å². The molecule has 7 nitrogen and oxygen atoms in total. The van der Waals surface area contributed by atoms with E-state index in [2.05, 4.69) is 15.3 Å². The highest BCUT2D eigenvalue weighted by Crippen LogP contribution is 2.19. The Morgan fingerprint density at radius 1 is 1.29 bits per heavy atom. The number of fused-ring (bicyclic) bond motifs is 1. The summed E-state index contributed by atoms with van der Waals surface area (Å²) in [5.41, 5.74) is 0.558. The first-order chi connectivity index (χ1) is 10.3. The van der Waals surface area contributed by atoms with Gasteiger partial charge in [-0.1, -0.05) is 11.3 Å². The number of nitrogens with zero attached hydrogens (tertiary/aromatic N) is 5. The Hall–Kier alpha value is -2.70. The van der Waals surface area contributed by atoms with Crippen molar-refractivity contribution in [2.75, 3.05) is 7.11 Å². The third-order valence-corrected chi connectivity index (χ3v) is 3.29. The highest BCUT2D eigenvalue weighted by molar-refractivity contribution is 5.83. The molecule has 0 bridgehead atoms. The van der Waals surface area contributed by atoms with Crippen molar-refractivity contribution >= 4 is 10.9 Å². The fraction of sp³-hybridized carbons (Fsp3) is 0.286. The molecule has 0 unspecified atom stereocenters. The van der Waals surface area contributed by atoms with Gasteiger partial charge in [0.15, 0.2) is 0 Å². The second-order valence-corrected chi connectivity index (χ2v) is 4.62. The predicted octanol–water partition coefficient (Wildman–Crippen LogP) is 1.09. The minimum absolute atomic E-state index is 0.0870. The highest BCUT2D eigenvalue weighted by atomic mass is 16.5. The zero-order valence-electron chi connectivity index (χ0n) is 11.6. The molecule has 0 amide bonds. The van der Waals surface area contributed by atoms with Crippen molar-refractivity contribution in [3.63, 3.8) is 0 Å². The van der Waals surface area contributed by atoms with E-state index in [0.29, 0.717) is 29.7 Å². The number of aryl methyl sites for hydroxylation is 2. The molecule has 0 saturated carbocycles. The van der Waals surface area contributed by atoms with Gasteiger partial charge in [0.2, 0.25) is 0 Å². The zero-order chi connectivity index (χ0) is 14.7. The van der Waals surface area contributed by atoms with E-state index in [9.17, 15) is 4.79 Å². The lowest BCUT2D eigenvalue weighted by Gasteiger charge is -2.08. The third-order valence-electron chi connectivity index (χ3n) is 3.29. The summed E-state index contributed by atoms with van der Waals surface area (Å²) in [5.74, 6) is 0.552. The SMILES string of the molecule is COc1cccc2ncn(CCCn3ccnn3)c(=O)c12. The van der Waals surface area contributed by atoms with Crippen molar-refractivity contribution in [1.82, 2.24) is 24.5 Å². The van der Waals surface area contributed by atoms with Crippen LogP contribution in [0, 0.1) is 0 Å². The minimum Gasteiger partial charge on any atom is -0.496 e. The smallest absolute Gasteiger partial charge is 0.264 e. The first-order valence-corrected chi connectivity index (χ1v) is 6.66. The van der Waals surface area contributed by atoms with Gasteiger partial charge in [-0.3, -0.25) is 14.0 Å². The van der Waals surface area contributed by atoms with Gasteiger partial charge in [-0.25, -0.2) is 4.98 Å². The quantitative estimate of drug-likeness (QED) is 0.701. The third kappa shape index (κ3) is 2.62. The van der Waals surface area contributed by atoms with Crippen molar-refractivity contribution in [1.29, 1.82) is 0 Å². The molecule has 0 atom stereocenters. The topological polar surface area (TPSA) is 74.8 Å². The van der Waals surface area contributed by atoms with E-state index in [1.165, 1.54) is 0 Å². The lowest BCUT2D eigenvalue weighted by molar-refractivity contribution is 0.418. The fourth-order valence-corrected chi connectivity index (χ4v) is 2.25. The maximum Gasteiger partial charge on any atom is 0.264 e. The number of rotatable bonds is 5. The molecule has 0 N–H and O–H groups in total. The number of hydrogen-bond acceptors (Lipinski definition) is 5. The molecule has 0 spiro atoms. The van der Waals surface area contributed by atoms with Crippen LogP contribution < -0.4 is 10.3 Å². The predicted molar refractivity (Wildman–Crippen MR) is 77.2 cm³/mol. The summed E-state index contributed by atoms with van der Waals surface area (Å²) in [6, 6.07) is 5.40. The molecule has 0 saturated heterocycles. The van der Waals surface area contributed by atoms with Crippen LogP contribution in [-0.4, -0.2) is 31.7 Å². The summed E-state index contributed by atoms with van der Waals surface area (Å²) in [4.78, 5) is 16.8. The molecular formula is C14H15N5O2. The molecule has 1 aromatic carbocycles. The van der Waals surface area contributed by atoms with E-state index in [4.69, 9.17) is 4.74 Å². The van der Waals surface area contributed by atoms with Crippen molar-refractivity contribution in [2.24, 2.45) is 0 Å². The van der Waals surface area contributed by atoms with Crippen LogP contribution in [0.5, 0.6) is 5.75 Å². The number of methoxy groups -OCH3 is 1. The summed E-state index contributed by atoms with van der Waals surface area (Å²) in [6.07, 6.45) is 5.77. The van der Waals surface area contributed by atoms with E-state index < -0.39 is 0 Å². The van der Waals surface area contributed by atoms with E-state index in [-0.39, 0.29) is 5.56 Å². The Morgan fingerprint density at radius 3 is 2.95 bits per heavy atom. The Labute approximate surface area is 120 Å². The van der Waals surface area contributed by atoms with Gasteiger partial charge in [0, 0.05) is 19.3 Å². The minimum atomic E-state index is -0.0870. The average molecular weight is 285 g/mol. The molecule has 0 fully saturated rings. The second kappa shape index (κ2) is 5.74. The van der Waals surface area contributed by atoms with E-state index in [1.807, 2.05) is 6.07 Å². The van der Waals surface area contributed by atoms with Crippen LogP contribution in [0.25, 0.3) is 10.9 Å². The number of hydrogen-bond donors (Lipinski definition) is 0. The fourth-order valence-electron chi connectivity index (χ4n) is 2.25. The van der Waals surface area contributed by atoms with Crippen molar-refractivity contribution in [3.05, 3.63) is 47.3 Å². The Morgan fingerprint density at radius 2 is 2.19 bits per heavy atom. The molecule has 0 aliphatic carbocycles. The van der Waals surface area contributed by atoms with Crippen LogP contribution in [0.3, 0.4) is 0 Å². The number of aromatic nitrogens is 5. The summed E-state index contributed by atoms with van der Waals surface area (Å²) in [5, 5.41) is 8.15. The van der Waals surface area contributed by atoms with E-state index >= 15 is 0 Å². The molecule has 2 heterocycles. The maximum atomic E-state index is 12.5. The Balaban J connectivity index is 1.86. The van der Waals surface area contributed by atoms with Crippen molar-refractivity contribution in [3.8, 4) is 5.75 Å². The van der Waals surface area contributed by atoms with Gasteiger partial charge in [0.25, 0.3) is 5.56 Å². The molecule has 21 heavy (non-hydrogen) atoms. The van der Waals surface area contributed by atoms with Gasteiger partial charge < -0.3 is 4.74 Å². The van der Waals surface area contributed by atoms with Gasteiger partial charge in [-0.15, -0.1) is 5.10 Å². The maximum absolute atomic E-state index is 12.5. The molecular weight excluding hydrogens is 270 g/mol. The largest absolute Gasteiger partial charge is 0.496 e. The molecule has 0 aliphatic heterocycles. The van der Waals surface area contributed by atoms with Crippen molar-refractivity contribution in [2.45, 2.75) is 19.5 Å². The first-order valence-electron chi connectivity index (χ1n) is 6.66. The molecule has 108 valence electrons. The molecule has 0 aliphatic rings. The van der Waals surface area contributed by atoms with Gasteiger partial charge in [0.1, 0.15) is 11.1 Å². The van der Waals surface area contributed by atoms with Gasteiger partial charge in [0.05, 0.1) is 25.2 Å². The zero-order valence-corrected chi connectivity index (χ0v) is 11.6. The van der Waals surface area contributed by atoms with Crippen LogP contribution >= 0.6 is 0 Å².